The van der Waals surface area contributed by atoms with Gasteiger partial charge in [0.2, 0.25) is 5.91 Å². The Morgan fingerprint density at radius 1 is 1.25 bits per heavy atom. The highest BCUT2D eigenvalue weighted by atomic mass is 35.5. The van der Waals surface area contributed by atoms with E-state index in [0.29, 0.717) is 26.2 Å². The van der Waals surface area contributed by atoms with Gasteiger partial charge in [0.05, 0.1) is 5.75 Å². The molecule has 0 aliphatic carbocycles. The molecule has 4 rings (SSSR count). The van der Waals surface area contributed by atoms with Crippen LogP contribution in [0, 0.1) is 5.92 Å². The average Bonchev–Trinajstić information content (AvgIpc) is 3.19. The Bertz CT molecular complexity index is 1170. The van der Waals surface area contributed by atoms with Crippen molar-refractivity contribution in [1.29, 1.82) is 0 Å². The van der Waals surface area contributed by atoms with Gasteiger partial charge in [0.1, 0.15) is 4.70 Å². The van der Waals surface area contributed by atoms with E-state index >= 15 is 0 Å². The van der Waals surface area contributed by atoms with Crippen molar-refractivity contribution in [3.63, 3.8) is 0 Å². The van der Waals surface area contributed by atoms with E-state index in [0.717, 1.165) is 37.0 Å². The molecule has 10 heteroatoms. The minimum absolute atomic E-state index is 0.0809. The number of hydrogen-bond donors (Lipinski definition) is 1. The molecule has 0 unspecified atom stereocenters. The summed E-state index contributed by atoms with van der Waals surface area (Å²) in [5.74, 6) is 0.677. The number of benzene rings is 1. The Morgan fingerprint density at radius 3 is 2.59 bits per heavy atom. The van der Waals surface area contributed by atoms with Gasteiger partial charge in [0.15, 0.2) is 15.9 Å². The number of nitrogens with zero attached hydrogens (tertiary/aromatic N) is 4. The van der Waals surface area contributed by atoms with Crippen LogP contribution in [0.2, 0.25) is 5.02 Å². The molecule has 1 fully saturated rings. The van der Waals surface area contributed by atoms with Crippen LogP contribution < -0.4 is 15.8 Å². The summed E-state index contributed by atoms with van der Waals surface area (Å²) >= 11 is 8.55. The lowest BCUT2D eigenvalue weighted by atomic mass is 10.00. The Kier molecular flexibility index (Phi) is 7.07. The summed E-state index contributed by atoms with van der Waals surface area (Å²) in [6.45, 7) is 8.06. The first-order valence-corrected chi connectivity index (χ1v) is 12.9. The van der Waals surface area contributed by atoms with Crippen molar-refractivity contribution in [2.45, 2.75) is 44.8 Å². The highest BCUT2D eigenvalue weighted by Gasteiger charge is 2.23. The lowest BCUT2D eigenvalue weighted by Gasteiger charge is -2.29. The molecule has 1 aliphatic rings. The summed E-state index contributed by atoms with van der Waals surface area (Å²) in [4.78, 5) is 37.3. The van der Waals surface area contributed by atoms with Crippen LogP contribution in [-0.2, 0) is 4.79 Å². The molecule has 0 atom stereocenters. The number of thioether (sulfide) groups is 1. The van der Waals surface area contributed by atoms with Crippen LogP contribution in [0.1, 0.15) is 39.7 Å². The fourth-order valence-electron chi connectivity index (χ4n) is 3.61. The number of piperidine rings is 1. The van der Waals surface area contributed by atoms with E-state index in [-0.39, 0.29) is 23.3 Å². The van der Waals surface area contributed by atoms with Crippen LogP contribution in [0.5, 0.6) is 0 Å². The van der Waals surface area contributed by atoms with Crippen LogP contribution in [0.25, 0.3) is 10.3 Å². The SMILES string of the molecule is CC1CCN(c2nc3nc(SCC(=O)Nc4ccc(Cl)cc4)n(C(C)C)c(=O)c3s2)CC1. The number of hydrogen-bond acceptors (Lipinski definition) is 7. The molecule has 7 nitrogen and oxygen atoms in total. The summed E-state index contributed by atoms with van der Waals surface area (Å²) < 4.78 is 2.23. The zero-order chi connectivity index (χ0) is 22.8. The molecular formula is C22H26ClN5O2S2. The van der Waals surface area contributed by atoms with E-state index in [1.807, 2.05) is 13.8 Å². The molecule has 1 aromatic carbocycles. The fourth-order valence-corrected chi connectivity index (χ4v) is 5.65. The van der Waals surface area contributed by atoms with Gasteiger partial charge in [-0.2, -0.15) is 4.98 Å². The molecular weight excluding hydrogens is 466 g/mol. The Labute approximate surface area is 200 Å². The van der Waals surface area contributed by atoms with Gasteiger partial charge in [-0.25, -0.2) is 4.98 Å². The first kappa shape index (κ1) is 23.1. The van der Waals surface area contributed by atoms with Crippen LogP contribution in [0.3, 0.4) is 0 Å². The van der Waals surface area contributed by atoms with Gasteiger partial charge in [-0.05, 0) is 56.9 Å². The molecule has 2 aromatic heterocycles. The summed E-state index contributed by atoms with van der Waals surface area (Å²) in [6.07, 6.45) is 2.26. The van der Waals surface area contributed by atoms with Gasteiger partial charge in [-0.15, -0.1) is 0 Å². The third-order valence-electron chi connectivity index (χ3n) is 5.45. The number of carbonyl (C=O) groups is 1. The van der Waals surface area contributed by atoms with Gasteiger partial charge < -0.3 is 10.2 Å². The van der Waals surface area contributed by atoms with Gasteiger partial charge in [-0.3, -0.25) is 14.2 Å². The maximum absolute atomic E-state index is 13.3. The summed E-state index contributed by atoms with van der Waals surface area (Å²) in [5.41, 5.74) is 1.04. The summed E-state index contributed by atoms with van der Waals surface area (Å²) in [7, 11) is 0. The Balaban J connectivity index is 1.56. The second kappa shape index (κ2) is 9.80. The normalized spacial score (nSPS) is 15.0. The minimum atomic E-state index is -0.177. The number of aromatic nitrogens is 3. The first-order chi connectivity index (χ1) is 15.3. The molecule has 1 N–H and O–H groups in total. The summed E-state index contributed by atoms with van der Waals surface area (Å²) in [6, 6.07) is 6.86. The second-order valence-electron chi connectivity index (χ2n) is 8.33. The van der Waals surface area contributed by atoms with Crippen molar-refractivity contribution >= 4 is 61.8 Å². The number of anilines is 2. The molecule has 3 heterocycles. The predicted molar refractivity (Wildman–Crippen MR) is 133 cm³/mol. The average molecular weight is 492 g/mol. The number of rotatable bonds is 6. The van der Waals surface area contributed by atoms with E-state index < -0.39 is 0 Å². The van der Waals surface area contributed by atoms with Crippen molar-refractivity contribution in [2.24, 2.45) is 5.92 Å². The van der Waals surface area contributed by atoms with Crippen molar-refractivity contribution in [3.05, 3.63) is 39.6 Å². The quantitative estimate of drug-likeness (QED) is 0.383. The van der Waals surface area contributed by atoms with Crippen molar-refractivity contribution in [2.75, 3.05) is 29.1 Å². The lowest BCUT2D eigenvalue weighted by molar-refractivity contribution is -0.113. The standard InChI is InChI=1S/C22H26ClN5O2S2/c1-13(2)28-20(30)18-19(25-21(32-18)27-10-8-14(3)9-11-27)26-22(28)31-12-17(29)24-16-6-4-15(23)5-7-16/h4-7,13-14H,8-12H2,1-3H3,(H,24,29). The topological polar surface area (TPSA) is 80.1 Å². The van der Waals surface area contributed by atoms with Crippen LogP contribution in [-0.4, -0.2) is 39.3 Å². The second-order valence-corrected chi connectivity index (χ2v) is 10.7. The highest BCUT2D eigenvalue weighted by molar-refractivity contribution is 7.99. The first-order valence-electron chi connectivity index (χ1n) is 10.7. The van der Waals surface area contributed by atoms with Gasteiger partial charge in [0.25, 0.3) is 5.56 Å². The van der Waals surface area contributed by atoms with Crippen LogP contribution in [0.4, 0.5) is 10.8 Å². The maximum Gasteiger partial charge on any atom is 0.274 e. The predicted octanol–water partition coefficient (Wildman–Crippen LogP) is 5.05. The van der Waals surface area contributed by atoms with Gasteiger partial charge in [-0.1, -0.05) is 41.6 Å². The smallest absolute Gasteiger partial charge is 0.274 e. The fraction of sp³-hybridized carbons (Fsp3) is 0.455. The van der Waals surface area contributed by atoms with E-state index in [1.54, 1.807) is 28.8 Å². The zero-order valence-corrected chi connectivity index (χ0v) is 20.7. The van der Waals surface area contributed by atoms with E-state index in [2.05, 4.69) is 27.1 Å². The molecule has 32 heavy (non-hydrogen) atoms. The number of carbonyl (C=O) groups excluding carboxylic acids is 1. The maximum atomic E-state index is 13.3. The monoisotopic (exact) mass is 491 g/mol. The largest absolute Gasteiger partial charge is 0.348 e. The zero-order valence-electron chi connectivity index (χ0n) is 18.3. The number of nitrogens with one attached hydrogen (secondary N) is 1. The number of amides is 1. The number of thiazole rings is 1. The molecule has 1 amide bonds. The van der Waals surface area contributed by atoms with Crippen LogP contribution in [0.15, 0.2) is 34.2 Å². The van der Waals surface area contributed by atoms with Gasteiger partial charge in [0, 0.05) is 29.8 Å². The molecule has 1 saturated heterocycles. The Morgan fingerprint density at radius 2 is 1.94 bits per heavy atom. The van der Waals surface area contributed by atoms with Crippen molar-refractivity contribution in [1.82, 2.24) is 14.5 Å². The van der Waals surface area contributed by atoms with Crippen molar-refractivity contribution in [3.8, 4) is 0 Å². The molecule has 0 bridgehead atoms. The molecule has 0 spiro atoms. The molecule has 3 aromatic rings. The van der Waals surface area contributed by atoms with Crippen molar-refractivity contribution < 1.29 is 4.79 Å². The molecule has 170 valence electrons. The van der Waals surface area contributed by atoms with Crippen LogP contribution >= 0.6 is 34.7 Å². The van der Waals surface area contributed by atoms with Gasteiger partial charge >= 0.3 is 0 Å². The molecule has 0 saturated carbocycles. The molecule has 0 radical (unpaired) electrons. The molecule has 1 aliphatic heterocycles. The minimum Gasteiger partial charge on any atom is -0.348 e. The van der Waals surface area contributed by atoms with E-state index in [9.17, 15) is 9.59 Å². The summed E-state index contributed by atoms with van der Waals surface area (Å²) in [5, 5.41) is 4.81. The lowest BCUT2D eigenvalue weighted by Crippen LogP contribution is -2.32. The Hall–Kier alpha value is -2.10. The third-order valence-corrected chi connectivity index (χ3v) is 7.75. The number of fused-ring (bicyclic) bond motifs is 1. The van der Waals surface area contributed by atoms with E-state index in [4.69, 9.17) is 11.6 Å². The third kappa shape index (κ3) is 5.10. The number of halogens is 1. The van der Waals surface area contributed by atoms with E-state index in [1.165, 1.54) is 23.1 Å². The highest BCUT2D eigenvalue weighted by Crippen LogP contribution is 2.31.